The third kappa shape index (κ3) is 4.67. The Kier molecular flexibility index (Phi) is 5.83. The molecule has 0 radical (unpaired) electrons. The molecule has 2 heterocycles. The van der Waals surface area contributed by atoms with E-state index in [-0.39, 0.29) is 5.91 Å². The van der Waals surface area contributed by atoms with Gasteiger partial charge in [0.05, 0.1) is 18.4 Å². The summed E-state index contributed by atoms with van der Waals surface area (Å²) in [4.78, 5) is 13.7. The Morgan fingerprint density at radius 2 is 2.00 bits per heavy atom. The number of likely N-dealkylation sites (tertiary alicyclic amines) is 1. The zero-order valence-electron chi connectivity index (χ0n) is 15.0. The molecular formula is C19H27N5O. The predicted molar refractivity (Wildman–Crippen MR) is 99.1 cm³/mol. The van der Waals surface area contributed by atoms with Crippen LogP contribution in [0, 0.1) is 6.92 Å². The number of nitrogens with zero attached hydrogens (tertiary/aromatic N) is 2. The van der Waals surface area contributed by atoms with E-state index in [9.17, 15) is 4.79 Å². The maximum absolute atomic E-state index is 11.5. The van der Waals surface area contributed by atoms with Crippen molar-refractivity contribution in [3.05, 3.63) is 41.6 Å². The molecule has 1 aliphatic heterocycles. The number of amides is 1. The van der Waals surface area contributed by atoms with Gasteiger partial charge in [0.15, 0.2) is 0 Å². The van der Waals surface area contributed by atoms with Crippen LogP contribution in [0.3, 0.4) is 0 Å². The van der Waals surface area contributed by atoms with Crippen LogP contribution in [-0.2, 0) is 11.3 Å². The third-order valence-corrected chi connectivity index (χ3v) is 4.87. The lowest BCUT2D eigenvalue weighted by Gasteiger charge is -2.31. The van der Waals surface area contributed by atoms with Crippen molar-refractivity contribution in [2.45, 2.75) is 32.4 Å². The Labute approximate surface area is 149 Å². The van der Waals surface area contributed by atoms with Gasteiger partial charge in [0.25, 0.3) is 0 Å². The molecule has 3 rings (SSSR count). The van der Waals surface area contributed by atoms with Crippen LogP contribution in [0.25, 0.3) is 11.3 Å². The first-order chi connectivity index (χ1) is 12.2. The van der Waals surface area contributed by atoms with E-state index in [0.29, 0.717) is 12.6 Å². The molecule has 25 heavy (non-hydrogen) atoms. The van der Waals surface area contributed by atoms with Crippen LogP contribution >= 0.6 is 0 Å². The van der Waals surface area contributed by atoms with Crippen LogP contribution in [0.2, 0.25) is 0 Å². The second-order valence-electron chi connectivity index (χ2n) is 6.74. The highest BCUT2D eigenvalue weighted by molar-refractivity contribution is 5.77. The summed E-state index contributed by atoms with van der Waals surface area (Å²) < 4.78 is 0. The van der Waals surface area contributed by atoms with Crippen molar-refractivity contribution in [3.63, 3.8) is 0 Å². The molecule has 0 unspecified atom stereocenters. The lowest BCUT2D eigenvalue weighted by molar-refractivity contribution is -0.122. The number of aryl methyl sites for hydroxylation is 1. The predicted octanol–water partition coefficient (Wildman–Crippen LogP) is 1.69. The number of hydrogen-bond acceptors (Lipinski definition) is 4. The van der Waals surface area contributed by atoms with E-state index < -0.39 is 0 Å². The lowest BCUT2D eigenvalue weighted by atomic mass is 10.0. The molecule has 1 aromatic heterocycles. The summed E-state index contributed by atoms with van der Waals surface area (Å²) in [6.07, 6.45) is 4.03. The van der Waals surface area contributed by atoms with E-state index >= 15 is 0 Å². The maximum atomic E-state index is 11.5. The fourth-order valence-electron chi connectivity index (χ4n) is 3.25. The molecule has 0 aliphatic carbocycles. The topological polar surface area (TPSA) is 73.1 Å². The SMILES string of the molecule is CNC(=O)CN1CCC(NCc2cn[nH]c2-c2ccc(C)cc2)CC1. The van der Waals surface area contributed by atoms with Gasteiger partial charge in [-0.3, -0.25) is 14.8 Å². The number of H-pyrrole nitrogens is 1. The van der Waals surface area contributed by atoms with Gasteiger partial charge in [-0.2, -0.15) is 5.10 Å². The highest BCUT2D eigenvalue weighted by Crippen LogP contribution is 2.22. The number of likely N-dealkylation sites (N-methyl/N-ethyl adjacent to an activating group) is 1. The number of hydrogen-bond donors (Lipinski definition) is 3. The molecule has 1 saturated heterocycles. The smallest absolute Gasteiger partial charge is 0.233 e. The van der Waals surface area contributed by atoms with Crippen molar-refractivity contribution >= 4 is 5.91 Å². The number of rotatable bonds is 6. The van der Waals surface area contributed by atoms with Crippen molar-refractivity contribution in [2.24, 2.45) is 0 Å². The highest BCUT2D eigenvalue weighted by Gasteiger charge is 2.20. The van der Waals surface area contributed by atoms with Crippen LogP contribution in [0.15, 0.2) is 30.5 Å². The zero-order valence-corrected chi connectivity index (χ0v) is 15.0. The summed E-state index contributed by atoms with van der Waals surface area (Å²) in [6, 6.07) is 8.99. The van der Waals surface area contributed by atoms with Gasteiger partial charge in [0, 0.05) is 38.3 Å². The number of carbonyl (C=O) groups is 1. The molecule has 1 amide bonds. The molecule has 0 bridgehead atoms. The fourth-order valence-corrected chi connectivity index (χ4v) is 3.25. The van der Waals surface area contributed by atoms with E-state index in [4.69, 9.17) is 0 Å². The number of benzene rings is 1. The second-order valence-corrected chi connectivity index (χ2v) is 6.74. The van der Waals surface area contributed by atoms with Crippen LogP contribution in [-0.4, -0.2) is 53.7 Å². The zero-order chi connectivity index (χ0) is 17.6. The average molecular weight is 341 g/mol. The third-order valence-electron chi connectivity index (χ3n) is 4.87. The summed E-state index contributed by atoms with van der Waals surface area (Å²) in [5, 5.41) is 13.7. The second kappa shape index (κ2) is 8.27. The van der Waals surface area contributed by atoms with Gasteiger partial charge >= 0.3 is 0 Å². The maximum Gasteiger partial charge on any atom is 0.233 e. The number of nitrogens with one attached hydrogen (secondary N) is 3. The number of aromatic nitrogens is 2. The molecule has 2 aromatic rings. The van der Waals surface area contributed by atoms with Crippen LogP contribution in [0.4, 0.5) is 0 Å². The van der Waals surface area contributed by atoms with Crippen molar-refractivity contribution in [1.82, 2.24) is 25.7 Å². The molecule has 1 fully saturated rings. The van der Waals surface area contributed by atoms with Gasteiger partial charge in [0.1, 0.15) is 0 Å². The van der Waals surface area contributed by atoms with Crippen molar-refractivity contribution < 1.29 is 4.79 Å². The van der Waals surface area contributed by atoms with Gasteiger partial charge < -0.3 is 10.6 Å². The van der Waals surface area contributed by atoms with E-state index in [2.05, 4.69) is 56.9 Å². The molecule has 6 nitrogen and oxygen atoms in total. The normalized spacial score (nSPS) is 16.1. The van der Waals surface area contributed by atoms with Crippen molar-refractivity contribution in [3.8, 4) is 11.3 Å². The Morgan fingerprint density at radius 3 is 2.68 bits per heavy atom. The van der Waals surface area contributed by atoms with Gasteiger partial charge in [-0.15, -0.1) is 0 Å². The minimum atomic E-state index is 0.0903. The van der Waals surface area contributed by atoms with Gasteiger partial charge in [-0.1, -0.05) is 29.8 Å². The summed E-state index contributed by atoms with van der Waals surface area (Å²) in [7, 11) is 1.69. The van der Waals surface area contributed by atoms with E-state index in [1.54, 1.807) is 7.05 Å². The van der Waals surface area contributed by atoms with Gasteiger partial charge in [0.2, 0.25) is 5.91 Å². The summed E-state index contributed by atoms with van der Waals surface area (Å²) in [5.74, 6) is 0.0903. The first-order valence-electron chi connectivity index (χ1n) is 8.91. The molecule has 3 N–H and O–H groups in total. The van der Waals surface area contributed by atoms with Crippen LogP contribution in [0.1, 0.15) is 24.0 Å². The van der Waals surface area contributed by atoms with E-state index in [0.717, 1.165) is 38.2 Å². The molecule has 1 aliphatic rings. The Hall–Kier alpha value is -2.18. The molecular weight excluding hydrogens is 314 g/mol. The quantitative estimate of drug-likeness (QED) is 0.747. The number of aromatic amines is 1. The minimum absolute atomic E-state index is 0.0903. The average Bonchev–Trinajstić information content (AvgIpc) is 3.10. The monoisotopic (exact) mass is 341 g/mol. The Balaban J connectivity index is 1.51. The fraction of sp³-hybridized carbons (Fsp3) is 0.474. The highest BCUT2D eigenvalue weighted by atomic mass is 16.1. The number of piperidine rings is 1. The molecule has 0 spiro atoms. The summed E-state index contributed by atoms with van der Waals surface area (Å²) in [6.45, 7) is 5.32. The Morgan fingerprint density at radius 1 is 1.28 bits per heavy atom. The molecule has 1 aromatic carbocycles. The lowest BCUT2D eigenvalue weighted by Crippen LogP contribution is -2.45. The summed E-state index contributed by atoms with van der Waals surface area (Å²) >= 11 is 0. The van der Waals surface area contributed by atoms with Crippen LogP contribution < -0.4 is 10.6 Å². The van der Waals surface area contributed by atoms with Gasteiger partial charge in [-0.05, 0) is 25.3 Å². The van der Waals surface area contributed by atoms with E-state index in [1.165, 1.54) is 16.7 Å². The van der Waals surface area contributed by atoms with Crippen molar-refractivity contribution in [2.75, 3.05) is 26.7 Å². The summed E-state index contributed by atoms with van der Waals surface area (Å²) in [5.41, 5.74) is 4.70. The van der Waals surface area contributed by atoms with Crippen molar-refractivity contribution in [1.29, 1.82) is 0 Å². The van der Waals surface area contributed by atoms with Crippen LogP contribution in [0.5, 0.6) is 0 Å². The first kappa shape index (κ1) is 17.6. The molecule has 134 valence electrons. The molecule has 0 atom stereocenters. The molecule has 6 heteroatoms. The minimum Gasteiger partial charge on any atom is -0.358 e. The number of carbonyl (C=O) groups excluding carboxylic acids is 1. The molecule has 0 saturated carbocycles. The first-order valence-corrected chi connectivity index (χ1v) is 8.91. The largest absolute Gasteiger partial charge is 0.358 e. The Bertz CT molecular complexity index is 686. The van der Waals surface area contributed by atoms with Gasteiger partial charge in [-0.25, -0.2) is 0 Å². The van der Waals surface area contributed by atoms with E-state index in [1.807, 2.05) is 6.20 Å². The standard InChI is InChI=1S/C19H27N5O/c1-14-3-5-15(6-4-14)19-16(12-22-23-19)11-21-17-7-9-24(10-8-17)13-18(25)20-2/h3-6,12,17,21H,7-11,13H2,1-2H3,(H,20,25)(H,22,23).